The van der Waals surface area contributed by atoms with Gasteiger partial charge in [0.1, 0.15) is 5.69 Å². The third-order valence-electron chi connectivity index (χ3n) is 5.73. The molecular formula is C19H23N3O2. The smallest absolute Gasteiger partial charge is 0.274 e. The Morgan fingerprint density at radius 2 is 2.04 bits per heavy atom. The number of aromatic nitrogens is 2. The van der Waals surface area contributed by atoms with E-state index in [0.717, 1.165) is 31.2 Å². The molecule has 0 unspecified atom stereocenters. The van der Waals surface area contributed by atoms with Gasteiger partial charge in [0.25, 0.3) is 5.91 Å². The fourth-order valence-corrected chi connectivity index (χ4v) is 4.55. The average molecular weight is 325 g/mol. The van der Waals surface area contributed by atoms with E-state index in [4.69, 9.17) is 0 Å². The average Bonchev–Trinajstić information content (AvgIpc) is 3.17. The molecule has 0 bridgehead atoms. The number of nitrogens with zero attached hydrogens (tertiary/aromatic N) is 2. The molecule has 24 heavy (non-hydrogen) atoms. The maximum absolute atomic E-state index is 12.8. The highest BCUT2D eigenvalue weighted by molar-refractivity contribution is 5.92. The van der Waals surface area contributed by atoms with Crippen molar-refractivity contribution < 1.29 is 9.90 Å². The largest absolute Gasteiger partial charge is 0.385 e. The van der Waals surface area contributed by atoms with Gasteiger partial charge in [-0.15, -0.1) is 0 Å². The lowest BCUT2D eigenvalue weighted by molar-refractivity contribution is -0.110. The number of imidazole rings is 1. The minimum absolute atomic E-state index is 0.0248. The van der Waals surface area contributed by atoms with E-state index in [1.807, 2.05) is 35.2 Å². The number of carbonyl (C=O) groups is 1. The van der Waals surface area contributed by atoms with Gasteiger partial charge in [0.2, 0.25) is 0 Å². The van der Waals surface area contributed by atoms with E-state index in [2.05, 4.69) is 9.97 Å². The fraction of sp³-hybridized carbons (Fsp3) is 0.474. The van der Waals surface area contributed by atoms with Gasteiger partial charge in [-0.3, -0.25) is 4.79 Å². The molecule has 1 aromatic carbocycles. The van der Waals surface area contributed by atoms with E-state index in [9.17, 15) is 9.90 Å². The normalized spacial score (nSPS) is 30.0. The van der Waals surface area contributed by atoms with Crippen LogP contribution in [0, 0.1) is 5.92 Å². The molecular weight excluding hydrogens is 302 g/mol. The zero-order chi connectivity index (χ0) is 16.6. The summed E-state index contributed by atoms with van der Waals surface area (Å²) in [4.78, 5) is 21.7. The summed E-state index contributed by atoms with van der Waals surface area (Å²) in [7, 11) is 0. The Morgan fingerprint density at radius 1 is 1.25 bits per heavy atom. The zero-order valence-electron chi connectivity index (χ0n) is 13.7. The number of likely N-dealkylation sites (tertiary alicyclic amines) is 1. The van der Waals surface area contributed by atoms with E-state index in [-0.39, 0.29) is 17.9 Å². The quantitative estimate of drug-likeness (QED) is 0.892. The number of H-pyrrole nitrogens is 1. The molecule has 3 atom stereocenters. The third kappa shape index (κ3) is 2.44. The lowest BCUT2D eigenvalue weighted by Gasteiger charge is -2.52. The molecule has 126 valence electrons. The van der Waals surface area contributed by atoms with Crippen molar-refractivity contribution in [1.82, 2.24) is 14.9 Å². The second-order valence-electron chi connectivity index (χ2n) is 6.95. The minimum Gasteiger partial charge on any atom is -0.385 e. The van der Waals surface area contributed by atoms with Gasteiger partial charge in [0.05, 0.1) is 11.9 Å². The monoisotopic (exact) mass is 325 g/mol. The molecule has 1 aliphatic heterocycles. The van der Waals surface area contributed by atoms with Crippen LogP contribution in [0.2, 0.25) is 0 Å². The lowest BCUT2D eigenvalue weighted by Crippen LogP contribution is -2.59. The number of aliphatic hydroxyl groups is 1. The van der Waals surface area contributed by atoms with Crippen LogP contribution in [0.5, 0.6) is 0 Å². The Kier molecular flexibility index (Phi) is 3.88. The van der Waals surface area contributed by atoms with Crippen LogP contribution in [0.3, 0.4) is 0 Å². The second-order valence-corrected chi connectivity index (χ2v) is 6.95. The minimum atomic E-state index is -0.839. The summed E-state index contributed by atoms with van der Waals surface area (Å²) in [5.74, 6) is 0.0635. The van der Waals surface area contributed by atoms with E-state index in [0.29, 0.717) is 18.7 Å². The molecule has 0 spiro atoms. The molecule has 1 aliphatic carbocycles. The first-order valence-electron chi connectivity index (χ1n) is 8.78. The summed E-state index contributed by atoms with van der Waals surface area (Å²) < 4.78 is 0. The van der Waals surface area contributed by atoms with Crippen LogP contribution in [0.25, 0.3) is 0 Å². The Morgan fingerprint density at radius 3 is 2.79 bits per heavy atom. The van der Waals surface area contributed by atoms with E-state index < -0.39 is 5.60 Å². The molecule has 5 heteroatoms. The van der Waals surface area contributed by atoms with Gasteiger partial charge >= 0.3 is 0 Å². The van der Waals surface area contributed by atoms with Crippen molar-refractivity contribution in [3.8, 4) is 0 Å². The van der Waals surface area contributed by atoms with Crippen LogP contribution in [0.1, 0.15) is 48.2 Å². The van der Waals surface area contributed by atoms with Crippen LogP contribution in [0.15, 0.2) is 42.9 Å². The summed E-state index contributed by atoms with van der Waals surface area (Å²) >= 11 is 0. The Labute approximate surface area is 141 Å². The molecule has 1 saturated carbocycles. The highest BCUT2D eigenvalue weighted by Gasteiger charge is 2.50. The topological polar surface area (TPSA) is 69.2 Å². The number of benzene rings is 1. The van der Waals surface area contributed by atoms with Gasteiger partial charge < -0.3 is 15.0 Å². The number of piperidine rings is 1. The molecule has 2 fully saturated rings. The van der Waals surface area contributed by atoms with Crippen LogP contribution in [-0.2, 0) is 5.60 Å². The van der Waals surface area contributed by atoms with Gasteiger partial charge in [0.15, 0.2) is 0 Å². The number of aromatic amines is 1. The molecule has 2 aromatic rings. The van der Waals surface area contributed by atoms with Crippen molar-refractivity contribution in [2.75, 3.05) is 6.54 Å². The molecule has 2 aliphatic rings. The Hall–Kier alpha value is -2.14. The van der Waals surface area contributed by atoms with Crippen molar-refractivity contribution in [3.63, 3.8) is 0 Å². The van der Waals surface area contributed by atoms with E-state index >= 15 is 0 Å². The Bertz CT molecular complexity index is 701. The van der Waals surface area contributed by atoms with Crippen LogP contribution in [-0.4, -0.2) is 38.5 Å². The fourth-order valence-electron chi connectivity index (χ4n) is 4.55. The number of nitrogens with one attached hydrogen (secondary N) is 1. The lowest BCUT2D eigenvalue weighted by atomic mass is 9.66. The molecule has 1 aromatic heterocycles. The van der Waals surface area contributed by atoms with Crippen molar-refractivity contribution in [1.29, 1.82) is 0 Å². The van der Waals surface area contributed by atoms with Gasteiger partial charge in [-0.25, -0.2) is 4.98 Å². The van der Waals surface area contributed by atoms with Crippen molar-refractivity contribution in [2.24, 2.45) is 5.92 Å². The van der Waals surface area contributed by atoms with E-state index in [1.165, 1.54) is 6.33 Å². The summed E-state index contributed by atoms with van der Waals surface area (Å²) in [5, 5.41) is 11.5. The van der Waals surface area contributed by atoms with E-state index in [1.54, 1.807) is 6.20 Å². The molecule has 1 amide bonds. The van der Waals surface area contributed by atoms with Crippen LogP contribution < -0.4 is 0 Å². The zero-order valence-corrected chi connectivity index (χ0v) is 13.7. The number of hydrogen-bond acceptors (Lipinski definition) is 3. The molecule has 0 radical (unpaired) electrons. The summed E-state index contributed by atoms with van der Waals surface area (Å²) in [6, 6.07) is 10.0. The second kappa shape index (κ2) is 6.06. The number of amides is 1. The van der Waals surface area contributed by atoms with Crippen molar-refractivity contribution in [3.05, 3.63) is 54.1 Å². The molecule has 5 nitrogen and oxygen atoms in total. The number of hydrogen-bond donors (Lipinski definition) is 2. The highest BCUT2D eigenvalue weighted by Crippen LogP contribution is 2.47. The van der Waals surface area contributed by atoms with Crippen LogP contribution in [0.4, 0.5) is 0 Å². The maximum atomic E-state index is 12.8. The van der Waals surface area contributed by atoms with Gasteiger partial charge in [-0.1, -0.05) is 43.2 Å². The van der Waals surface area contributed by atoms with Gasteiger partial charge in [0, 0.05) is 24.7 Å². The maximum Gasteiger partial charge on any atom is 0.274 e. The standard InChI is InChI=1S/C19H23N3O2/c23-18(16-12-20-13-21-16)22-11-10-19(24,14-6-2-1-3-7-14)15-8-4-5-9-17(15)22/h1-3,6-7,12-13,15,17,24H,4-5,8-11H2,(H,20,21)/t15-,17+,19-/m0/s1. The summed E-state index contributed by atoms with van der Waals surface area (Å²) in [5.41, 5.74) is 0.604. The van der Waals surface area contributed by atoms with Gasteiger partial charge in [-0.05, 0) is 24.8 Å². The number of carbonyl (C=O) groups excluding carboxylic acids is 1. The number of rotatable bonds is 2. The molecule has 1 saturated heterocycles. The summed E-state index contributed by atoms with van der Waals surface area (Å²) in [6.45, 7) is 0.568. The Balaban J connectivity index is 1.66. The van der Waals surface area contributed by atoms with Crippen molar-refractivity contribution >= 4 is 5.91 Å². The number of fused-ring (bicyclic) bond motifs is 1. The molecule has 2 heterocycles. The first-order valence-corrected chi connectivity index (χ1v) is 8.78. The SMILES string of the molecule is O=C(c1c[nH]cn1)N1CC[C@](O)(c2ccccc2)[C@H]2CCCC[C@H]21. The summed E-state index contributed by atoms with van der Waals surface area (Å²) in [6.07, 6.45) is 7.90. The predicted molar refractivity (Wildman–Crippen MR) is 90.3 cm³/mol. The predicted octanol–water partition coefficient (Wildman–Crippen LogP) is 2.70. The third-order valence-corrected chi connectivity index (χ3v) is 5.73. The molecule has 2 N–H and O–H groups in total. The highest BCUT2D eigenvalue weighted by atomic mass is 16.3. The van der Waals surface area contributed by atoms with Crippen molar-refractivity contribution in [2.45, 2.75) is 43.7 Å². The molecule has 4 rings (SSSR count). The van der Waals surface area contributed by atoms with Gasteiger partial charge in [-0.2, -0.15) is 0 Å². The first kappa shape index (κ1) is 15.4. The van der Waals surface area contributed by atoms with Crippen LogP contribution >= 0.6 is 0 Å². The first-order chi connectivity index (χ1) is 11.7.